The molecule has 1 aromatic carbocycles. The van der Waals surface area contributed by atoms with Crippen LogP contribution in [-0.4, -0.2) is 20.9 Å². The number of benzene rings is 1. The van der Waals surface area contributed by atoms with E-state index in [0.29, 0.717) is 0 Å². The molecule has 16 heavy (non-hydrogen) atoms. The molecular weight excluding hydrogens is 204 g/mol. The highest BCUT2D eigenvalue weighted by atomic mass is 16.4. The molecule has 1 heterocycles. The Hall–Kier alpha value is -1.84. The molecule has 1 aromatic heterocycles. The Balaban J connectivity index is 2.13. The third-order valence-corrected chi connectivity index (χ3v) is 3.09. The highest BCUT2D eigenvalue weighted by Crippen LogP contribution is 2.40. The van der Waals surface area contributed by atoms with E-state index in [1.165, 1.54) is 0 Å². The van der Waals surface area contributed by atoms with E-state index in [9.17, 15) is 9.90 Å². The van der Waals surface area contributed by atoms with Gasteiger partial charge in [-0.3, -0.25) is 4.68 Å². The van der Waals surface area contributed by atoms with Gasteiger partial charge in [0.25, 0.3) is 0 Å². The Kier molecular flexibility index (Phi) is 1.96. The van der Waals surface area contributed by atoms with E-state index in [0.717, 1.165) is 23.7 Å². The van der Waals surface area contributed by atoms with Gasteiger partial charge in [-0.15, -0.1) is 0 Å². The van der Waals surface area contributed by atoms with Crippen LogP contribution in [0, 0.1) is 5.92 Å². The number of rotatable bonds is 3. The number of hydrogen-bond donors (Lipinski definition) is 1. The van der Waals surface area contributed by atoms with Crippen LogP contribution >= 0.6 is 0 Å². The van der Waals surface area contributed by atoms with E-state index in [4.69, 9.17) is 0 Å². The number of aromatic nitrogens is 2. The molecule has 0 radical (unpaired) electrons. The van der Waals surface area contributed by atoms with E-state index >= 15 is 0 Å². The maximum atomic E-state index is 11.3. The smallest absolute Gasteiger partial charge is 0.328 e. The largest absolute Gasteiger partial charge is 0.480 e. The first kappa shape index (κ1) is 9.39. The monoisotopic (exact) mass is 216 g/mol. The third kappa shape index (κ3) is 1.38. The zero-order valence-electron chi connectivity index (χ0n) is 8.71. The van der Waals surface area contributed by atoms with Crippen molar-refractivity contribution in [2.45, 2.75) is 18.9 Å². The molecule has 4 heteroatoms. The quantitative estimate of drug-likeness (QED) is 0.854. The van der Waals surface area contributed by atoms with Crippen LogP contribution in [0.3, 0.4) is 0 Å². The standard InChI is InChI=1S/C12H12N2O2/c15-12(16)11(8-5-6-8)14-10-4-2-1-3-9(10)7-13-14/h1-4,7-8,11H,5-6H2,(H,15,16). The van der Waals surface area contributed by atoms with E-state index in [-0.39, 0.29) is 5.92 Å². The van der Waals surface area contributed by atoms with Crippen LogP contribution in [0.5, 0.6) is 0 Å². The van der Waals surface area contributed by atoms with E-state index < -0.39 is 12.0 Å². The molecule has 4 nitrogen and oxygen atoms in total. The summed E-state index contributed by atoms with van der Waals surface area (Å²) in [6, 6.07) is 7.21. The van der Waals surface area contributed by atoms with Gasteiger partial charge in [0, 0.05) is 5.39 Å². The molecule has 1 saturated carbocycles. The molecule has 0 saturated heterocycles. The van der Waals surface area contributed by atoms with Crippen LogP contribution in [-0.2, 0) is 4.79 Å². The second-order valence-corrected chi connectivity index (χ2v) is 4.27. The van der Waals surface area contributed by atoms with Gasteiger partial charge in [0.1, 0.15) is 0 Å². The molecule has 82 valence electrons. The van der Waals surface area contributed by atoms with Gasteiger partial charge in [-0.05, 0) is 24.8 Å². The maximum absolute atomic E-state index is 11.3. The van der Waals surface area contributed by atoms with Gasteiger partial charge >= 0.3 is 5.97 Å². The van der Waals surface area contributed by atoms with Crippen molar-refractivity contribution in [2.24, 2.45) is 5.92 Å². The van der Waals surface area contributed by atoms with Crippen LogP contribution < -0.4 is 0 Å². The van der Waals surface area contributed by atoms with Crippen LogP contribution in [0.2, 0.25) is 0 Å². The van der Waals surface area contributed by atoms with Crippen molar-refractivity contribution < 1.29 is 9.90 Å². The first-order chi connectivity index (χ1) is 7.77. The predicted octanol–water partition coefficient (Wildman–Crippen LogP) is 2.07. The normalized spacial score (nSPS) is 17.5. The fraction of sp³-hybridized carbons (Fsp3) is 0.333. The number of nitrogens with zero attached hydrogens (tertiary/aromatic N) is 2. The van der Waals surface area contributed by atoms with Gasteiger partial charge in [-0.1, -0.05) is 18.2 Å². The lowest BCUT2D eigenvalue weighted by atomic mass is 10.2. The molecule has 1 unspecified atom stereocenters. The van der Waals surface area contributed by atoms with Crippen molar-refractivity contribution >= 4 is 16.9 Å². The van der Waals surface area contributed by atoms with Crippen LogP contribution in [0.1, 0.15) is 18.9 Å². The molecule has 1 fully saturated rings. The molecule has 1 aliphatic carbocycles. The average molecular weight is 216 g/mol. The van der Waals surface area contributed by atoms with Gasteiger partial charge in [-0.25, -0.2) is 4.79 Å². The van der Waals surface area contributed by atoms with Crippen molar-refractivity contribution in [1.29, 1.82) is 0 Å². The lowest BCUT2D eigenvalue weighted by molar-refractivity contribution is -0.141. The lowest BCUT2D eigenvalue weighted by Gasteiger charge is -2.12. The van der Waals surface area contributed by atoms with Crippen LogP contribution in [0.4, 0.5) is 0 Å². The minimum absolute atomic E-state index is 0.251. The number of aliphatic carboxylic acids is 1. The molecular formula is C12H12N2O2. The van der Waals surface area contributed by atoms with Crippen molar-refractivity contribution in [3.8, 4) is 0 Å². The molecule has 1 aliphatic rings. The second-order valence-electron chi connectivity index (χ2n) is 4.27. The zero-order chi connectivity index (χ0) is 11.1. The lowest BCUT2D eigenvalue weighted by Crippen LogP contribution is -2.21. The highest BCUT2D eigenvalue weighted by Gasteiger charge is 2.38. The van der Waals surface area contributed by atoms with Crippen molar-refractivity contribution in [3.05, 3.63) is 30.5 Å². The van der Waals surface area contributed by atoms with Gasteiger partial charge in [-0.2, -0.15) is 5.10 Å². The fourth-order valence-corrected chi connectivity index (χ4v) is 2.13. The summed E-state index contributed by atoms with van der Waals surface area (Å²) in [5.74, 6) is -0.530. The Morgan fingerprint density at radius 1 is 1.44 bits per heavy atom. The number of para-hydroxylation sites is 1. The molecule has 2 aromatic rings. The van der Waals surface area contributed by atoms with E-state index in [1.54, 1.807) is 10.9 Å². The Morgan fingerprint density at radius 2 is 2.19 bits per heavy atom. The predicted molar refractivity (Wildman–Crippen MR) is 59.1 cm³/mol. The fourth-order valence-electron chi connectivity index (χ4n) is 2.13. The number of hydrogen-bond acceptors (Lipinski definition) is 2. The number of carbonyl (C=O) groups is 1. The SMILES string of the molecule is O=C(O)C(C1CC1)n1ncc2ccccc21. The maximum Gasteiger partial charge on any atom is 0.328 e. The molecule has 0 amide bonds. The summed E-state index contributed by atoms with van der Waals surface area (Å²) in [6.45, 7) is 0. The first-order valence-electron chi connectivity index (χ1n) is 5.42. The van der Waals surface area contributed by atoms with Crippen molar-refractivity contribution in [3.63, 3.8) is 0 Å². The van der Waals surface area contributed by atoms with Crippen molar-refractivity contribution in [2.75, 3.05) is 0 Å². The minimum Gasteiger partial charge on any atom is -0.480 e. The number of carboxylic acid groups (broad SMARTS) is 1. The van der Waals surface area contributed by atoms with E-state index in [2.05, 4.69) is 5.10 Å². The molecule has 0 aliphatic heterocycles. The summed E-state index contributed by atoms with van der Waals surface area (Å²) in [5, 5.41) is 14.5. The molecule has 1 N–H and O–H groups in total. The Bertz CT molecular complexity index is 543. The van der Waals surface area contributed by atoms with E-state index in [1.807, 2.05) is 24.3 Å². The van der Waals surface area contributed by atoms with Gasteiger partial charge in [0.2, 0.25) is 0 Å². The summed E-state index contributed by atoms with van der Waals surface area (Å²) in [7, 11) is 0. The summed E-state index contributed by atoms with van der Waals surface area (Å²) < 4.78 is 1.65. The summed E-state index contributed by atoms with van der Waals surface area (Å²) in [5.41, 5.74) is 0.904. The van der Waals surface area contributed by atoms with Crippen LogP contribution in [0.15, 0.2) is 30.5 Å². The van der Waals surface area contributed by atoms with Gasteiger partial charge in [0.05, 0.1) is 11.7 Å². The number of fused-ring (bicyclic) bond motifs is 1. The molecule has 3 rings (SSSR count). The van der Waals surface area contributed by atoms with Gasteiger partial charge < -0.3 is 5.11 Å². The molecule has 0 spiro atoms. The zero-order valence-corrected chi connectivity index (χ0v) is 8.71. The second kappa shape index (κ2) is 3.33. The minimum atomic E-state index is -0.781. The highest BCUT2D eigenvalue weighted by molar-refractivity contribution is 5.81. The van der Waals surface area contributed by atoms with Crippen molar-refractivity contribution in [1.82, 2.24) is 9.78 Å². The third-order valence-electron chi connectivity index (χ3n) is 3.09. The Morgan fingerprint density at radius 3 is 2.88 bits per heavy atom. The summed E-state index contributed by atoms with van der Waals surface area (Å²) in [4.78, 5) is 11.3. The van der Waals surface area contributed by atoms with Gasteiger partial charge in [0.15, 0.2) is 6.04 Å². The van der Waals surface area contributed by atoms with Crippen LogP contribution in [0.25, 0.3) is 10.9 Å². The topological polar surface area (TPSA) is 55.1 Å². The summed E-state index contributed by atoms with van der Waals surface area (Å²) in [6.07, 6.45) is 3.71. The molecule has 0 bridgehead atoms. The average Bonchev–Trinajstić information content (AvgIpc) is 3.00. The Labute approximate surface area is 92.5 Å². The molecule has 1 atom stereocenters. The summed E-state index contributed by atoms with van der Waals surface area (Å²) >= 11 is 0. The first-order valence-corrected chi connectivity index (χ1v) is 5.42. The number of carboxylic acids is 1.